The van der Waals surface area contributed by atoms with Crippen LogP contribution < -0.4 is 10.9 Å². The normalized spacial score (nSPS) is 12.3. The summed E-state index contributed by atoms with van der Waals surface area (Å²) in [5.74, 6) is 0. The molecule has 0 aliphatic carbocycles. The van der Waals surface area contributed by atoms with E-state index in [1.54, 1.807) is 22.3 Å². The largest absolute Gasteiger partial charge is 0.375 e. The summed E-state index contributed by atoms with van der Waals surface area (Å²) >= 11 is 7.89. The molecule has 0 amide bonds. The first-order valence-electron chi connectivity index (χ1n) is 9.48. The topological polar surface area (TPSA) is 59.8 Å². The third kappa shape index (κ3) is 3.14. The van der Waals surface area contributed by atoms with E-state index < -0.39 is 0 Å². The Morgan fingerprint density at radius 1 is 1.07 bits per heavy atom. The molecule has 0 spiro atoms. The fourth-order valence-electron chi connectivity index (χ4n) is 3.70. The van der Waals surface area contributed by atoms with E-state index in [1.807, 2.05) is 61.5 Å². The zero-order valence-corrected chi connectivity index (χ0v) is 17.6. The average molecular weight is 433 g/mol. The zero-order valence-electron chi connectivity index (χ0n) is 16.0. The van der Waals surface area contributed by atoms with Crippen molar-refractivity contribution in [1.82, 2.24) is 14.5 Å². The first-order valence-corrected chi connectivity index (χ1v) is 10.7. The van der Waals surface area contributed by atoms with Gasteiger partial charge in [-0.15, -0.1) is 11.3 Å². The summed E-state index contributed by atoms with van der Waals surface area (Å²) in [7, 11) is 0. The maximum atomic E-state index is 13.5. The van der Waals surface area contributed by atoms with Crippen molar-refractivity contribution in [2.45, 2.75) is 13.0 Å². The van der Waals surface area contributed by atoms with Gasteiger partial charge in [-0.1, -0.05) is 41.9 Å². The molecule has 2 aromatic carbocycles. The number of hydrogen-bond donors (Lipinski definition) is 1. The van der Waals surface area contributed by atoms with E-state index in [0.717, 1.165) is 32.8 Å². The number of pyridine rings is 2. The van der Waals surface area contributed by atoms with Gasteiger partial charge in [0.1, 0.15) is 10.3 Å². The fourth-order valence-corrected chi connectivity index (χ4v) is 4.62. The molecule has 7 heteroatoms. The summed E-state index contributed by atoms with van der Waals surface area (Å²) in [4.78, 5) is 23.2. The Labute approximate surface area is 181 Å². The van der Waals surface area contributed by atoms with Gasteiger partial charge in [-0.3, -0.25) is 9.36 Å². The van der Waals surface area contributed by atoms with E-state index in [9.17, 15) is 4.79 Å². The van der Waals surface area contributed by atoms with Crippen molar-refractivity contribution in [1.29, 1.82) is 0 Å². The average Bonchev–Trinajstić information content (AvgIpc) is 3.24. The molecule has 30 heavy (non-hydrogen) atoms. The van der Waals surface area contributed by atoms with E-state index in [2.05, 4.69) is 15.3 Å². The number of nitrogens with zero attached hydrogens (tertiary/aromatic N) is 3. The van der Waals surface area contributed by atoms with Gasteiger partial charge in [0.15, 0.2) is 0 Å². The predicted octanol–water partition coefficient (Wildman–Crippen LogP) is 5.82. The smallest absolute Gasteiger partial charge is 0.264 e. The van der Waals surface area contributed by atoms with Gasteiger partial charge in [0.25, 0.3) is 5.56 Å². The van der Waals surface area contributed by atoms with E-state index in [1.165, 1.54) is 11.3 Å². The van der Waals surface area contributed by atoms with Crippen molar-refractivity contribution in [3.8, 4) is 5.69 Å². The molecule has 0 bridgehead atoms. The lowest BCUT2D eigenvalue weighted by molar-refractivity contribution is 0.778. The minimum absolute atomic E-state index is 0.138. The molecule has 5 nitrogen and oxygen atoms in total. The van der Waals surface area contributed by atoms with Crippen LogP contribution in [0.15, 0.2) is 77.2 Å². The van der Waals surface area contributed by atoms with Crippen molar-refractivity contribution >= 4 is 49.7 Å². The van der Waals surface area contributed by atoms with E-state index in [0.29, 0.717) is 10.4 Å². The van der Waals surface area contributed by atoms with Crippen LogP contribution >= 0.6 is 22.9 Å². The maximum Gasteiger partial charge on any atom is 0.264 e. The van der Waals surface area contributed by atoms with Gasteiger partial charge < -0.3 is 5.32 Å². The Morgan fingerprint density at radius 3 is 2.73 bits per heavy atom. The molecular weight excluding hydrogens is 416 g/mol. The number of fused-ring (bicyclic) bond motifs is 2. The Kier molecular flexibility index (Phi) is 4.73. The molecule has 0 unspecified atom stereocenters. The second-order valence-corrected chi connectivity index (χ2v) is 8.22. The van der Waals surface area contributed by atoms with Gasteiger partial charge in [-0.2, -0.15) is 0 Å². The highest BCUT2D eigenvalue weighted by Crippen LogP contribution is 2.29. The van der Waals surface area contributed by atoms with Crippen LogP contribution in [0.4, 0.5) is 5.69 Å². The van der Waals surface area contributed by atoms with Crippen LogP contribution in [-0.4, -0.2) is 14.5 Å². The molecule has 0 saturated heterocycles. The Balaban J connectivity index is 1.71. The summed E-state index contributed by atoms with van der Waals surface area (Å²) in [6, 6.07) is 18.9. The van der Waals surface area contributed by atoms with Crippen molar-refractivity contribution < 1.29 is 0 Å². The number of anilines is 1. The molecule has 1 N–H and O–H groups in total. The van der Waals surface area contributed by atoms with Gasteiger partial charge >= 0.3 is 0 Å². The van der Waals surface area contributed by atoms with Crippen molar-refractivity contribution in [3.05, 3.63) is 93.4 Å². The van der Waals surface area contributed by atoms with Crippen molar-refractivity contribution in [2.75, 3.05) is 5.32 Å². The molecule has 5 aromatic rings. The van der Waals surface area contributed by atoms with Crippen molar-refractivity contribution in [2.24, 2.45) is 0 Å². The van der Waals surface area contributed by atoms with Gasteiger partial charge in [-0.25, -0.2) is 9.97 Å². The molecule has 0 aliphatic rings. The van der Waals surface area contributed by atoms with Gasteiger partial charge in [-0.05, 0) is 42.6 Å². The number of aromatic nitrogens is 3. The molecule has 0 fully saturated rings. The lowest BCUT2D eigenvalue weighted by Crippen LogP contribution is -2.25. The molecular formula is C23H17ClN4OS. The molecule has 3 aromatic heterocycles. The predicted molar refractivity (Wildman–Crippen MR) is 124 cm³/mol. The molecule has 0 saturated carbocycles. The Bertz CT molecular complexity index is 1430. The summed E-state index contributed by atoms with van der Waals surface area (Å²) in [6.45, 7) is 2.03. The second kappa shape index (κ2) is 7.55. The lowest BCUT2D eigenvalue weighted by Gasteiger charge is -2.22. The molecule has 1 atom stereocenters. The van der Waals surface area contributed by atoms with Crippen LogP contribution in [0.3, 0.4) is 0 Å². The van der Waals surface area contributed by atoms with Gasteiger partial charge in [0.05, 0.1) is 27.6 Å². The fraction of sp³-hybridized carbons (Fsp3) is 0.0870. The number of nitrogens with one attached hydrogen (secondary N) is 1. The van der Waals surface area contributed by atoms with Gasteiger partial charge in [0.2, 0.25) is 0 Å². The number of rotatable bonds is 4. The van der Waals surface area contributed by atoms with Crippen LogP contribution in [0.25, 0.3) is 26.8 Å². The number of benzene rings is 2. The van der Waals surface area contributed by atoms with Crippen LogP contribution in [0.5, 0.6) is 0 Å². The SMILES string of the molecule is C[C@H](Nc1ccnc2scnc12)c1cc2cccc(Cl)c2c(=O)n1-c1ccccc1. The molecule has 3 heterocycles. The van der Waals surface area contributed by atoms with Crippen LogP contribution in [-0.2, 0) is 0 Å². The summed E-state index contributed by atoms with van der Waals surface area (Å²) in [5.41, 5.74) is 4.98. The highest BCUT2D eigenvalue weighted by atomic mass is 35.5. The standard InChI is InChI=1S/C23H17ClN4OS/c1-14(27-18-10-11-25-22-21(18)26-13-30-22)19-12-15-6-5-9-17(24)20(15)23(29)28(19)16-7-3-2-4-8-16/h2-14H,1H3,(H,25,27)/t14-/m0/s1. The minimum Gasteiger partial charge on any atom is -0.375 e. The van der Waals surface area contributed by atoms with Crippen LogP contribution in [0, 0.1) is 0 Å². The highest BCUT2D eigenvalue weighted by molar-refractivity contribution is 7.16. The summed E-state index contributed by atoms with van der Waals surface area (Å²) in [6.07, 6.45) is 1.76. The quantitative estimate of drug-likeness (QED) is 0.388. The zero-order chi connectivity index (χ0) is 20.7. The number of para-hydroxylation sites is 1. The Hall–Kier alpha value is -3.22. The van der Waals surface area contributed by atoms with Crippen LogP contribution in [0.1, 0.15) is 18.7 Å². The third-order valence-electron chi connectivity index (χ3n) is 5.09. The summed E-state index contributed by atoms with van der Waals surface area (Å²) < 4.78 is 1.73. The molecule has 5 rings (SSSR count). The number of hydrogen-bond acceptors (Lipinski definition) is 5. The maximum absolute atomic E-state index is 13.5. The van der Waals surface area contributed by atoms with E-state index in [4.69, 9.17) is 11.6 Å². The first kappa shape index (κ1) is 18.8. The van der Waals surface area contributed by atoms with E-state index in [-0.39, 0.29) is 11.6 Å². The second-order valence-electron chi connectivity index (χ2n) is 6.98. The third-order valence-corrected chi connectivity index (χ3v) is 6.14. The lowest BCUT2D eigenvalue weighted by atomic mass is 10.1. The van der Waals surface area contributed by atoms with Gasteiger partial charge in [0, 0.05) is 17.6 Å². The van der Waals surface area contributed by atoms with E-state index >= 15 is 0 Å². The monoisotopic (exact) mass is 432 g/mol. The molecule has 0 radical (unpaired) electrons. The number of halogens is 1. The highest BCUT2D eigenvalue weighted by Gasteiger charge is 2.18. The molecule has 0 aliphatic heterocycles. The molecule has 148 valence electrons. The summed E-state index contributed by atoms with van der Waals surface area (Å²) in [5, 5.41) is 5.30. The van der Waals surface area contributed by atoms with Crippen molar-refractivity contribution in [3.63, 3.8) is 0 Å². The van der Waals surface area contributed by atoms with Crippen LogP contribution in [0.2, 0.25) is 5.02 Å². The first-order chi connectivity index (χ1) is 14.6. The number of thiazole rings is 1. The minimum atomic E-state index is -0.173. The Morgan fingerprint density at radius 2 is 1.90 bits per heavy atom.